The predicted octanol–water partition coefficient (Wildman–Crippen LogP) is -1.01. The zero-order valence-electron chi connectivity index (χ0n) is 13.8. The fourth-order valence-electron chi connectivity index (χ4n) is 2.71. The molecule has 0 bridgehead atoms. The van der Waals surface area contributed by atoms with Gasteiger partial charge in [-0.1, -0.05) is 0 Å². The minimum absolute atomic E-state index is 0.0485. The summed E-state index contributed by atoms with van der Waals surface area (Å²) in [6.45, 7) is -1.01. The van der Waals surface area contributed by atoms with Crippen LogP contribution in [-0.2, 0) is 32.6 Å². The molecule has 0 aromatic carbocycles. The van der Waals surface area contributed by atoms with Crippen molar-refractivity contribution < 1.29 is 47.0 Å². The van der Waals surface area contributed by atoms with Crippen LogP contribution >= 0.6 is 7.82 Å². The van der Waals surface area contributed by atoms with Gasteiger partial charge in [-0.2, -0.15) is 0 Å². The summed E-state index contributed by atoms with van der Waals surface area (Å²) in [5.74, 6) is -2.51. The van der Waals surface area contributed by atoms with Crippen LogP contribution in [0.3, 0.4) is 0 Å². The van der Waals surface area contributed by atoms with E-state index in [1.807, 2.05) is 0 Å². The van der Waals surface area contributed by atoms with Gasteiger partial charge >= 0.3 is 7.82 Å². The van der Waals surface area contributed by atoms with Crippen molar-refractivity contribution in [2.75, 3.05) is 27.4 Å². The molecule has 2 rings (SSSR count). The first-order valence-corrected chi connectivity index (χ1v) is 9.00. The number of hydrogen-bond donors (Lipinski definition) is 2. The lowest BCUT2D eigenvalue weighted by Gasteiger charge is -2.27. The second-order valence-electron chi connectivity index (χ2n) is 5.80. The van der Waals surface area contributed by atoms with E-state index in [1.165, 1.54) is 14.2 Å². The zero-order valence-corrected chi connectivity index (χ0v) is 14.7. The zero-order chi connectivity index (χ0) is 18.8. The largest absolute Gasteiger partial charge is 0.472 e. The van der Waals surface area contributed by atoms with E-state index in [4.69, 9.17) is 39.2 Å². The highest BCUT2D eigenvalue weighted by Gasteiger charge is 2.51. The van der Waals surface area contributed by atoms with Gasteiger partial charge < -0.3 is 28.9 Å². The van der Waals surface area contributed by atoms with Crippen molar-refractivity contribution in [2.45, 2.75) is 48.7 Å². The van der Waals surface area contributed by atoms with E-state index in [9.17, 15) is 19.0 Å². The van der Waals surface area contributed by atoms with Crippen molar-refractivity contribution in [2.24, 2.45) is 0 Å². The maximum atomic E-state index is 14.7. The van der Waals surface area contributed by atoms with E-state index in [2.05, 4.69) is 4.52 Å². The van der Waals surface area contributed by atoms with Crippen LogP contribution in [0.4, 0.5) is 4.39 Å². The van der Waals surface area contributed by atoms with Gasteiger partial charge in [-0.25, -0.2) is 8.96 Å². The summed E-state index contributed by atoms with van der Waals surface area (Å²) >= 11 is 0. The van der Waals surface area contributed by atoms with Gasteiger partial charge in [-0.15, -0.1) is 0 Å². The summed E-state index contributed by atoms with van der Waals surface area (Å²) in [5.41, 5.74) is 0. The third-order valence-electron chi connectivity index (χ3n) is 3.94. The Balaban J connectivity index is 1.98. The molecule has 0 aliphatic carbocycles. The average molecular weight is 380 g/mol. The van der Waals surface area contributed by atoms with E-state index in [0.717, 1.165) is 0 Å². The molecule has 0 spiro atoms. The van der Waals surface area contributed by atoms with E-state index >= 15 is 0 Å². The Labute approximate surface area is 147 Å². The summed E-state index contributed by atoms with van der Waals surface area (Å²) in [4.78, 5) is 9.83. The third kappa shape index (κ3) is 5.03. The number of halogens is 1. The van der Waals surface area contributed by atoms with Gasteiger partial charge in [0.15, 0.2) is 0 Å². The summed E-state index contributed by atoms with van der Waals surface area (Å²) in [7, 11) is 8.85. The number of rotatable bonds is 8. The van der Waals surface area contributed by atoms with Gasteiger partial charge in [0.25, 0.3) is 5.85 Å². The highest BCUT2D eigenvalue weighted by molar-refractivity contribution is 7.47. The van der Waals surface area contributed by atoms with Crippen LogP contribution in [0.5, 0.6) is 0 Å². The molecule has 2 aliphatic rings. The molecule has 2 N–H and O–H groups in total. The maximum absolute atomic E-state index is 14.7. The van der Waals surface area contributed by atoms with Crippen LogP contribution < -0.4 is 0 Å². The van der Waals surface area contributed by atoms with E-state index < -0.39 is 56.7 Å². The van der Waals surface area contributed by atoms with Crippen LogP contribution in [0, 0.1) is 0 Å². The summed E-state index contributed by atoms with van der Waals surface area (Å²) in [6, 6.07) is -2.07. The average Bonchev–Trinajstić information content (AvgIpc) is 2.96. The van der Waals surface area contributed by atoms with Crippen LogP contribution in [0.2, 0.25) is 0 Å². The Morgan fingerprint density at radius 2 is 2.08 bits per heavy atom. The molecule has 13 heteroatoms. The second-order valence-corrected chi connectivity index (χ2v) is 7.21. The molecule has 0 aromatic heterocycles. The Morgan fingerprint density at radius 1 is 1.40 bits per heavy atom. The van der Waals surface area contributed by atoms with Crippen molar-refractivity contribution in [3.63, 3.8) is 0 Å². The van der Waals surface area contributed by atoms with Gasteiger partial charge in [0.2, 0.25) is 0 Å². The van der Waals surface area contributed by atoms with E-state index in [-0.39, 0.29) is 13.0 Å². The lowest BCUT2D eigenvalue weighted by Crippen LogP contribution is -2.41. The first-order chi connectivity index (χ1) is 11.6. The number of alkyl halides is 1. The number of hydrogen-bond acceptors (Lipinski definition) is 8. The van der Waals surface area contributed by atoms with Gasteiger partial charge in [-0.05, 0) is 6.42 Å². The number of ether oxygens (including phenoxy) is 4. The quantitative estimate of drug-likeness (QED) is 0.404. The smallest absolute Gasteiger partial charge is 0.388 e. The number of phosphoric ester groups is 1. The fourth-order valence-corrected chi connectivity index (χ4v) is 3.68. The van der Waals surface area contributed by atoms with Crippen LogP contribution in [0.25, 0.3) is 0 Å². The normalized spacial score (nSPS) is 44.0. The SMILES string of the molecule is [B][C@@H]1O[C@H](COC)[C@H](OP(=O)(O)OC[C@@]2(F)O[C@@H]([B])C[C@H]2OC)[C@@H]1O. The van der Waals surface area contributed by atoms with Gasteiger partial charge in [0.1, 0.15) is 46.7 Å². The van der Waals surface area contributed by atoms with Crippen LogP contribution in [0.15, 0.2) is 0 Å². The van der Waals surface area contributed by atoms with Crippen molar-refractivity contribution in [1.29, 1.82) is 0 Å². The molecule has 0 saturated carbocycles. The second kappa shape index (κ2) is 8.33. The first kappa shape index (κ1) is 21.3. The van der Waals surface area contributed by atoms with Crippen LogP contribution in [-0.4, -0.2) is 95.4 Å². The lowest BCUT2D eigenvalue weighted by atomic mass is 9.93. The summed E-state index contributed by atoms with van der Waals surface area (Å²) in [5, 5.41) is 9.91. The van der Waals surface area contributed by atoms with Crippen molar-refractivity contribution in [3.8, 4) is 0 Å². The van der Waals surface area contributed by atoms with Gasteiger partial charge in [-0.3, -0.25) is 9.05 Å². The summed E-state index contributed by atoms with van der Waals surface area (Å²) < 4.78 is 56.2. The maximum Gasteiger partial charge on any atom is 0.472 e. The number of aliphatic hydroxyl groups excluding tert-OH is 1. The molecule has 4 radical (unpaired) electrons. The number of aliphatic hydroxyl groups is 1. The molecule has 2 heterocycles. The molecule has 0 amide bonds. The Morgan fingerprint density at radius 3 is 2.68 bits per heavy atom. The lowest BCUT2D eigenvalue weighted by molar-refractivity contribution is -0.190. The molecule has 9 nitrogen and oxygen atoms in total. The molecule has 0 aromatic rings. The monoisotopic (exact) mass is 380 g/mol. The van der Waals surface area contributed by atoms with E-state index in [0.29, 0.717) is 0 Å². The van der Waals surface area contributed by atoms with Gasteiger partial charge in [0.05, 0.1) is 6.61 Å². The molecular weight excluding hydrogens is 360 g/mol. The third-order valence-corrected chi connectivity index (χ3v) is 4.91. The minimum atomic E-state index is -4.79. The molecule has 2 saturated heterocycles. The Kier molecular flexibility index (Phi) is 7.09. The molecule has 1 unspecified atom stereocenters. The van der Waals surface area contributed by atoms with Crippen molar-refractivity contribution >= 4 is 23.5 Å². The topological polar surface area (TPSA) is 113 Å². The fraction of sp³-hybridized carbons (Fsp3) is 1.00. The molecule has 8 atom stereocenters. The Bertz CT molecular complexity index is 503. The molecule has 2 aliphatic heterocycles. The standard InChI is InChI=1S/C12H20B2FO9P/c1-19-4-6-10(9(16)11(14)22-6)24-25(17,18)21-5-12(15)7(20-2)3-8(13)23-12/h6-11,16H,3-5H2,1-2H3,(H,17,18)/t6-,7-,8-,9+,10+,11-,12-/m1/s1. The number of phosphoric acid groups is 1. The Hall–Kier alpha value is -0.0301. The molecule has 25 heavy (non-hydrogen) atoms. The van der Waals surface area contributed by atoms with Crippen LogP contribution in [0.1, 0.15) is 6.42 Å². The first-order valence-electron chi connectivity index (χ1n) is 7.51. The van der Waals surface area contributed by atoms with Crippen molar-refractivity contribution in [3.05, 3.63) is 0 Å². The van der Waals surface area contributed by atoms with Crippen molar-refractivity contribution in [1.82, 2.24) is 0 Å². The molecule has 2 fully saturated rings. The highest BCUT2D eigenvalue weighted by Crippen LogP contribution is 2.49. The minimum Gasteiger partial charge on any atom is -0.388 e. The highest BCUT2D eigenvalue weighted by atomic mass is 31.2. The molecular formula is C12H20B2FO9P. The number of methoxy groups -OCH3 is 2. The summed E-state index contributed by atoms with van der Waals surface area (Å²) in [6.07, 6.45) is -4.62. The van der Waals surface area contributed by atoms with E-state index in [1.54, 1.807) is 0 Å². The predicted molar refractivity (Wildman–Crippen MR) is 82.8 cm³/mol. The molecule has 140 valence electrons. The van der Waals surface area contributed by atoms with Gasteiger partial charge in [0, 0.05) is 26.2 Å².